The van der Waals surface area contributed by atoms with Crippen molar-refractivity contribution in [1.29, 1.82) is 0 Å². The van der Waals surface area contributed by atoms with Crippen molar-refractivity contribution in [2.75, 3.05) is 13.2 Å². The van der Waals surface area contributed by atoms with E-state index >= 15 is 0 Å². The number of nitrogens with zero attached hydrogens (tertiary/aromatic N) is 1. The zero-order chi connectivity index (χ0) is 15.6. The van der Waals surface area contributed by atoms with Gasteiger partial charge in [0.05, 0.1) is 9.82 Å². The fraction of sp³-hybridized carbons (Fsp3) is 0.500. The fourth-order valence-electron chi connectivity index (χ4n) is 1.38. The Bertz CT molecular complexity index is 610. The maximum Gasteiger partial charge on any atom is 0.273 e. The van der Waals surface area contributed by atoms with Crippen LogP contribution >= 0.6 is 0 Å². The Kier molecular flexibility index (Phi) is 4.85. The van der Waals surface area contributed by atoms with E-state index < -0.39 is 20.4 Å². The molecule has 0 bridgehead atoms. The Morgan fingerprint density at radius 2 is 2.00 bits per heavy atom. The molecule has 7 nitrogen and oxygen atoms in total. The normalized spacial score (nSPS) is 12.4. The number of nitro groups is 1. The van der Waals surface area contributed by atoms with Gasteiger partial charge in [0.15, 0.2) is 0 Å². The summed E-state index contributed by atoms with van der Waals surface area (Å²) in [6.07, 6.45) is 0. The van der Waals surface area contributed by atoms with E-state index in [1.54, 1.807) is 13.8 Å². The molecule has 1 aromatic carbocycles. The largest absolute Gasteiger partial charge is 0.396 e. The van der Waals surface area contributed by atoms with Crippen molar-refractivity contribution in [3.05, 3.63) is 33.9 Å². The standard InChI is InChI=1S/C12H18N2O5S/c1-9-4-5-10(6-11(9)14(16)17)20(18,19)13-7-12(2,3)8-15/h4-6,13,15H,7-8H2,1-3H3. The molecule has 0 saturated carbocycles. The van der Waals surface area contributed by atoms with Gasteiger partial charge in [0.25, 0.3) is 5.69 Å². The second kappa shape index (κ2) is 5.86. The smallest absolute Gasteiger partial charge is 0.273 e. The zero-order valence-electron chi connectivity index (χ0n) is 11.6. The van der Waals surface area contributed by atoms with Gasteiger partial charge >= 0.3 is 0 Å². The second-order valence-electron chi connectivity index (χ2n) is 5.35. The molecule has 0 aliphatic carbocycles. The lowest BCUT2D eigenvalue weighted by Gasteiger charge is -2.21. The van der Waals surface area contributed by atoms with Crippen LogP contribution in [-0.2, 0) is 10.0 Å². The maximum absolute atomic E-state index is 12.1. The van der Waals surface area contributed by atoms with Gasteiger partial charge in [-0.3, -0.25) is 10.1 Å². The molecule has 112 valence electrons. The summed E-state index contributed by atoms with van der Waals surface area (Å²) in [5, 5.41) is 19.9. The Morgan fingerprint density at radius 1 is 1.40 bits per heavy atom. The minimum absolute atomic E-state index is 0.0352. The number of sulfonamides is 1. The van der Waals surface area contributed by atoms with Crippen LogP contribution in [0.4, 0.5) is 5.69 Å². The molecule has 0 atom stereocenters. The number of hydrogen-bond donors (Lipinski definition) is 2. The summed E-state index contributed by atoms with van der Waals surface area (Å²) >= 11 is 0. The average Bonchev–Trinajstić information content (AvgIpc) is 2.36. The minimum Gasteiger partial charge on any atom is -0.396 e. The van der Waals surface area contributed by atoms with Crippen LogP contribution in [0.1, 0.15) is 19.4 Å². The van der Waals surface area contributed by atoms with Crippen LogP contribution in [0, 0.1) is 22.5 Å². The lowest BCUT2D eigenvalue weighted by Crippen LogP contribution is -2.36. The van der Waals surface area contributed by atoms with Gasteiger partial charge in [-0.2, -0.15) is 0 Å². The lowest BCUT2D eigenvalue weighted by atomic mass is 9.96. The van der Waals surface area contributed by atoms with Crippen molar-refractivity contribution >= 4 is 15.7 Å². The van der Waals surface area contributed by atoms with Gasteiger partial charge in [-0.15, -0.1) is 0 Å². The highest BCUT2D eigenvalue weighted by Gasteiger charge is 2.23. The Hall–Kier alpha value is -1.51. The van der Waals surface area contributed by atoms with E-state index in [1.807, 2.05) is 0 Å². The first kappa shape index (κ1) is 16.5. The molecule has 0 heterocycles. The van der Waals surface area contributed by atoms with Crippen molar-refractivity contribution in [1.82, 2.24) is 4.72 Å². The minimum atomic E-state index is -3.84. The number of nitrogens with one attached hydrogen (secondary N) is 1. The first-order valence-electron chi connectivity index (χ1n) is 5.95. The van der Waals surface area contributed by atoms with Crippen LogP contribution in [0.2, 0.25) is 0 Å². The first-order chi connectivity index (χ1) is 9.09. The predicted octanol–water partition coefficient (Wildman–Crippen LogP) is 1.20. The van der Waals surface area contributed by atoms with Crippen LogP contribution in [0.25, 0.3) is 0 Å². The fourth-order valence-corrected chi connectivity index (χ4v) is 2.64. The van der Waals surface area contributed by atoms with Crippen molar-refractivity contribution in [2.45, 2.75) is 25.7 Å². The third-order valence-corrected chi connectivity index (χ3v) is 4.26. The summed E-state index contributed by atoms with van der Waals surface area (Å²) < 4.78 is 26.5. The monoisotopic (exact) mass is 302 g/mol. The summed E-state index contributed by atoms with van der Waals surface area (Å²) in [6.45, 7) is 4.80. The van der Waals surface area contributed by atoms with Gasteiger partial charge in [-0.05, 0) is 13.0 Å². The maximum atomic E-state index is 12.1. The molecule has 0 amide bonds. The number of hydrogen-bond acceptors (Lipinski definition) is 5. The van der Waals surface area contributed by atoms with Gasteiger partial charge in [0, 0.05) is 30.2 Å². The molecule has 0 saturated heterocycles. The van der Waals surface area contributed by atoms with E-state index in [4.69, 9.17) is 5.11 Å². The third-order valence-electron chi connectivity index (χ3n) is 2.86. The van der Waals surface area contributed by atoms with Crippen LogP contribution in [-0.4, -0.2) is 31.6 Å². The summed E-state index contributed by atoms with van der Waals surface area (Å²) in [4.78, 5) is 10.0. The third kappa shape index (κ3) is 3.99. The van der Waals surface area contributed by atoms with Crippen molar-refractivity contribution in [3.8, 4) is 0 Å². The van der Waals surface area contributed by atoms with Gasteiger partial charge < -0.3 is 5.11 Å². The first-order valence-corrected chi connectivity index (χ1v) is 7.43. The molecule has 0 aliphatic heterocycles. The SMILES string of the molecule is Cc1ccc(S(=O)(=O)NCC(C)(C)CO)cc1[N+](=O)[O-]. The Labute approximate surface area is 117 Å². The van der Waals surface area contributed by atoms with Crippen molar-refractivity contribution in [2.24, 2.45) is 5.41 Å². The van der Waals surface area contributed by atoms with Crippen molar-refractivity contribution < 1.29 is 18.4 Å². The molecule has 0 unspecified atom stereocenters. The topological polar surface area (TPSA) is 110 Å². The Balaban J connectivity index is 3.05. The molecule has 0 aliphatic rings. The van der Waals surface area contributed by atoms with Gasteiger partial charge in [-0.1, -0.05) is 19.9 Å². The van der Waals surface area contributed by atoms with E-state index in [0.717, 1.165) is 6.07 Å². The Morgan fingerprint density at radius 3 is 2.50 bits per heavy atom. The number of aliphatic hydroxyl groups is 1. The number of benzene rings is 1. The number of rotatable bonds is 6. The molecule has 0 spiro atoms. The summed E-state index contributed by atoms with van der Waals surface area (Å²) in [5.74, 6) is 0. The molecule has 0 radical (unpaired) electrons. The van der Waals surface area contributed by atoms with E-state index in [1.165, 1.54) is 19.1 Å². The molecule has 2 N–H and O–H groups in total. The molecule has 20 heavy (non-hydrogen) atoms. The van der Waals surface area contributed by atoms with Crippen LogP contribution < -0.4 is 4.72 Å². The molecule has 8 heteroatoms. The number of aryl methyl sites for hydroxylation is 1. The second-order valence-corrected chi connectivity index (χ2v) is 7.12. The molecular weight excluding hydrogens is 284 g/mol. The number of nitro benzene ring substituents is 1. The van der Waals surface area contributed by atoms with Crippen LogP contribution in [0.3, 0.4) is 0 Å². The molecular formula is C12H18N2O5S. The molecule has 0 aromatic heterocycles. The summed E-state index contributed by atoms with van der Waals surface area (Å²) in [7, 11) is -3.84. The van der Waals surface area contributed by atoms with Gasteiger partial charge in [0.1, 0.15) is 0 Å². The van der Waals surface area contributed by atoms with Gasteiger partial charge in [0.2, 0.25) is 10.0 Å². The van der Waals surface area contributed by atoms with Crippen molar-refractivity contribution in [3.63, 3.8) is 0 Å². The zero-order valence-corrected chi connectivity index (χ0v) is 12.4. The highest BCUT2D eigenvalue weighted by atomic mass is 32.2. The van der Waals surface area contributed by atoms with E-state index in [0.29, 0.717) is 5.56 Å². The van der Waals surface area contributed by atoms with Crippen LogP contribution in [0.15, 0.2) is 23.1 Å². The van der Waals surface area contributed by atoms with Crippen LogP contribution in [0.5, 0.6) is 0 Å². The molecule has 0 fully saturated rings. The molecule has 1 aromatic rings. The van der Waals surface area contributed by atoms with E-state index in [2.05, 4.69) is 4.72 Å². The molecule has 1 rings (SSSR count). The quantitative estimate of drug-likeness (QED) is 0.606. The summed E-state index contributed by atoms with van der Waals surface area (Å²) in [6, 6.07) is 3.74. The van der Waals surface area contributed by atoms with E-state index in [9.17, 15) is 18.5 Å². The highest BCUT2D eigenvalue weighted by Crippen LogP contribution is 2.22. The van der Waals surface area contributed by atoms with Gasteiger partial charge in [-0.25, -0.2) is 13.1 Å². The summed E-state index contributed by atoms with van der Waals surface area (Å²) in [5.41, 5.74) is -0.456. The predicted molar refractivity (Wildman–Crippen MR) is 73.9 cm³/mol. The van der Waals surface area contributed by atoms with E-state index in [-0.39, 0.29) is 23.7 Å². The lowest BCUT2D eigenvalue weighted by molar-refractivity contribution is -0.385. The average molecular weight is 302 g/mol. The highest BCUT2D eigenvalue weighted by molar-refractivity contribution is 7.89. The number of aliphatic hydroxyl groups excluding tert-OH is 1.